The van der Waals surface area contributed by atoms with Crippen molar-refractivity contribution in [1.82, 2.24) is 5.32 Å². The van der Waals surface area contributed by atoms with E-state index in [-0.39, 0.29) is 0 Å². The average Bonchev–Trinajstić information content (AvgIpc) is 2.08. The van der Waals surface area contributed by atoms with E-state index in [4.69, 9.17) is 5.73 Å². The highest BCUT2D eigenvalue weighted by molar-refractivity contribution is 5.31. The number of rotatable bonds is 5. The van der Waals surface area contributed by atoms with E-state index in [9.17, 15) is 0 Å². The van der Waals surface area contributed by atoms with Crippen molar-refractivity contribution in [2.45, 2.75) is 25.3 Å². The summed E-state index contributed by atoms with van der Waals surface area (Å²) in [5.74, 6) is 0.792. The first-order valence-electron chi connectivity index (χ1n) is 4.59. The second-order valence-electron chi connectivity index (χ2n) is 3.32. The van der Waals surface area contributed by atoms with E-state index in [0.717, 1.165) is 11.4 Å². The minimum atomic E-state index is 0.464. The van der Waals surface area contributed by atoms with Gasteiger partial charge in [-0.1, -0.05) is 6.58 Å². The second-order valence-corrected chi connectivity index (χ2v) is 3.32. The molecule has 3 N–H and O–H groups in total. The number of nitrogens with two attached hydrogens (primary N) is 1. The molecule has 3 nitrogen and oxygen atoms in total. The summed E-state index contributed by atoms with van der Waals surface area (Å²) in [7, 11) is 0. The molecule has 0 atom stereocenters. The Balaban J connectivity index is 2.44. The van der Waals surface area contributed by atoms with E-state index in [1.165, 1.54) is 19.3 Å². The number of nitrogens with one attached hydrogen (secondary N) is 1. The zero-order chi connectivity index (χ0) is 9.68. The van der Waals surface area contributed by atoms with Crippen molar-refractivity contribution in [1.29, 1.82) is 0 Å². The topological polar surface area (TPSA) is 50.4 Å². The van der Waals surface area contributed by atoms with Crippen molar-refractivity contribution < 1.29 is 0 Å². The zero-order valence-electron chi connectivity index (χ0n) is 7.92. The van der Waals surface area contributed by atoms with Gasteiger partial charge in [0.05, 0.1) is 0 Å². The molecule has 0 unspecified atom stereocenters. The van der Waals surface area contributed by atoms with Crippen molar-refractivity contribution in [3.63, 3.8) is 0 Å². The van der Waals surface area contributed by atoms with Crippen LogP contribution in [0.1, 0.15) is 19.3 Å². The summed E-state index contributed by atoms with van der Waals surface area (Å²) in [4.78, 5) is 3.88. The average molecular weight is 179 g/mol. The van der Waals surface area contributed by atoms with Crippen LogP contribution in [-0.2, 0) is 0 Å². The Morgan fingerprint density at radius 3 is 2.69 bits per heavy atom. The molecule has 0 bridgehead atoms. The van der Waals surface area contributed by atoms with E-state index in [0.29, 0.717) is 12.6 Å². The molecule has 1 aliphatic carbocycles. The van der Waals surface area contributed by atoms with Crippen LogP contribution >= 0.6 is 0 Å². The first-order valence-corrected chi connectivity index (χ1v) is 4.59. The van der Waals surface area contributed by atoms with Gasteiger partial charge in [-0.05, 0) is 37.6 Å². The van der Waals surface area contributed by atoms with Gasteiger partial charge in [-0.2, -0.15) is 0 Å². The van der Waals surface area contributed by atoms with Crippen molar-refractivity contribution in [2.24, 2.45) is 10.7 Å². The molecule has 0 heterocycles. The first kappa shape index (κ1) is 9.99. The Kier molecular flexibility index (Phi) is 3.71. The van der Waals surface area contributed by atoms with Gasteiger partial charge in [0, 0.05) is 12.6 Å². The van der Waals surface area contributed by atoms with Crippen LogP contribution in [0.2, 0.25) is 0 Å². The maximum atomic E-state index is 5.42. The maximum Gasteiger partial charge on any atom is 0.125 e. The third kappa shape index (κ3) is 3.03. The molecule has 0 spiro atoms. The molecule has 72 valence electrons. The molecule has 1 rings (SSSR count). The first-order chi connectivity index (χ1) is 6.26. The van der Waals surface area contributed by atoms with E-state index in [1.807, 2.05) is 6.08 Å². The number of hydrogen-bond donors (Lipinski definition) is 2. The van der Waals surface area contributed by atoms with Gasteiger partial charge in [-0.3, -0.25) is 0 Å². The molecule has 0 aliphatic heterocycles. The molecule has 1 aliphatic rings. The summed E-state index contributed by atoms with van der Waals surface area (Å²) < 4.78 is 0. The summed E-state index contributed by atoms with van der Waals surface area (Å²) >= 11 is 0. The molecule has 0 saturated heterocycles. The molecule has 0 amide bonds. The summed E-state index contributed by atoms with van der Waals surface area (Å²) in [5.41, 5.74) is 6.29. The second kappa shape index (κ2) is 4.82. The Bertz CT molecular complexity index is 226. The van der Waals surface area contributed by atoms with Gasteiger partial charge in [0.2, 0.25) is 0 Å². The Morgan fingerprint density at radius 2 is 2.31 bits per heavy atom. The standard InChI is InChI=1S/C10H17N3/c1-8(7-11)6-10(12-2)13-9-4-3-5-9/h6,9,13H,1-5,7,11H2/b10-6+. The highest BCUT2D eigenvalue weighted by Crippen LogP contribution is 2.19. The lowest BCUT2D eigenvalue weighted by Gasteiger charge is -2.27. The quantitative estimate of drug-likeness (QED) is 0.492. The fourth-order valence-corrected chi connectivity index (χ4v) is 1.15. The van der Waals surface area contributed by atoms with Crippen molar-refractivity contribution in [3.8, 4) is 0 Å². The van der Waals surface area contributed by atoms with Crippen LogP contribution in [0, 0.1) is 0 Å². The van der Waals surface area contributed by atoms with Crippen LogP contribution in [0.4, 0.5) is 0 Å². The predicted octanol–water partition coefficient (Wildman–Crippen LogP) is 1.19. The SMILES string of the molecule is C=N/C(=C\C(=C)CN)NC1CCC1. The van der Waals surface area contributed by atoms with E-state index < -0.39 is 0 Å². The maximum absolute atomic E-state index is 5.42. The van der Waals surface area contributed by atoms with Gasteiger partial charge in [0.1, 0.15) is 5.82 Å². The fourth-order valence-electron chi connectivity index (χ4n) is 1.15. The summed E-state index contributed by atoms with van der Waals surface area (Å²) in [6, 6.07) is 0.572. The van der Waals surface area contributed by atoms with Gasteiger partial charge >= 0.3 is 0 Å². The molecule has 3 heteroatoms. The molecule has 13 heavy (non-hydrogen) atoms. The lowest BCUT2D eigenvalue weighted by molar-refractivity contribution is 0.363. The van der Waals surface area contributed by atoms with E-state index in [2.05, 4.69) is 23.6 Å². The highest BCUT2D eigenvalue weighted by Gasteiger charge is 2.17. The van der Waals surface area contributed by atoms with Crippen molar-refractivity contribution >= 4 is 6.72 Å². The fraction of sp³-hybridized carbons (Fsp3) is 0.500. The lowest BCUT2D eigenvalue weighted by atomic mass is 9.93. The van der Waals surface area contributed by atoms with E-state index >= 15 is 0 Å². The van der Waals surface area contributed by atoms with Gasteiger partial charge in [-0.15, -0.1) is 0 Å². The Hall–Kier alpha value is -1.09. The van der Waals surface area contributed by atoms with Crippen LogP contribution in [-0.4, -0.2) is 19.3 Å². The predicted molar refractivity (Wildman–Crippen MR) is 56.6 cm³/mol. The molecule has 0 aromatic carbocycles. The smallest absolute Gasteiger partial charge is 0.125 e. The molecular formula is C10H17N3. The largest absolute Gasteiger partial charge is 0.367 e. The monoisotopic (exact) mass is 179 g/mol. The number of hydrogen-bond acceptors (Lipinski definition) is 3. The van der Waals surface area contributed by atoms with E-state index in [1.54, 1.807) is 0 Å². The number of aliphatic imine (C=N–C) groups is 1. The van der Waals surface area contributed by atoms with Gasteiger partial charge in [0.25, 0.3) is 0 Å². The molecular weight excluding hydrogens is 162 g/mol. The molecule has 1 saturated carbocycles. The third-order valence-electron chi connectivity index (χ3n) is 2.23. The summed E-state index contributed by atoms with van der Waals surface area (Å²) in [5, 5.41) is 3.28. The van der Waals surface area contributed by atoms with Crippen LogP contribution in [0.3, 0.4) is 0 Å². The number of nitrogens with zero attached hydrogens (tertiary/aromatic N) is 1. The Labute approximate surface area is 79.4 Å². The zero-order valence-corrected chi connectivity index (χ0v) is 7.92. The van der Waals surface area contributed by atoms with Crippen LogP contribution in [0.15, 0.2) is 29.0 Å². The van der Waals surface area contributed by atoms with Gasteiger partial charge < -0.3 is 11.1 Å². The van der Waals surface area contributed by atoms with Crippen LogP contribution in [0.25, 0.3) is 0 Å². The highest BCUT2D eigenvalue weighted by atomic mass is 15.1. The van der Waals surface area contributed by atoms with Crippen molar-refractivity contribution in [2.75, 3.05) is 6.54 Å². The van der Waals surface area contributed by atoms with Crippen molar-refractivity contribution in [3.05, 3.63) is 24.0 Å². The molecule has 1 fully saturated rings. The molecule has 0 aromatic rings. The summed E-state index contributed by atoms with van der Waals surface area (Å²) in [6.45, 7) is 7.74. The minimum absolute atomic E-state index is 0.464. The van der Waals surface area contributed by atoms with Gasteiger partial charge in [0.15, 0.2) is 0 Å². The molecule has 0 aromatic heterocycles. The van der Waals surface area contributed by atoms with Crippen LogP contribution in [0.5, 0.6) is 0 Å². The Morgan fingerprint density at radius 1 is 1.62 bits per heavy atom. The molecule has 0 radical (unpaired) electrons. The van der Waals surface area contributed by atoms with Gasteiger partial charge in [-0.25, -0.2) is 4.99 Å². The minimum Gasteiger partial charge on any atom is -0.367 e. The summed E-state index contributed by atoms with van der Waals surface area (Å²) in [6.07, 6.45) is 5.61. The normalized spacial score (nSPS) is 17.8. The third-order valence-corrected chi connectivity index (χ3v) is 2.23. The van der Waals surface area contributed by atoms with Crippen LogP contribution < -0.4 is 11.1 Å². The lowest BCUT2D eigenvalue weighted by Crippen LogP contribution is -2.34.